The van der Waals surface area contributed by atoms with Crippen molar-refractivity contribution in [3.8, 4) is 5.75 Å². The van der Waals surface area contributed by atoms with Gasteiger partial charge in [0.15, 0.2) is 0 Å². The lowest BCUT2D eigenvalue weighted by molar-refractivity contribution is -0.116. The van der Waals surface area contributed by atoms with Gasteiger partial charge in [-0.15, -0.1) is 0 Å². The molecule has 0 unspecified atom stereocenters. The van der Waals surface area contributed by atoms with E-state index >= 15 is 0 Å². The Labute approximate surface area is 126 Å². The molecule has 0 spiro atoms. The van der Waals surface area contributed by atoms with Gasteiger partial charge in [0.25, 0.3) is 0 Å². The van der Waals surface area contributed by atoms with E-state index in [0.29, 0.717) is 12.8 Å². The molecular formula is C18H21NO2. The predicted molar refractivity (Wildman–Crippen MR) is 85.9 cm³/mol. The number of methoxy groups -OCH3 is 1. The highest BCUT2D eigenvalue weighted by molar-refractivity contribution is 5.91. The van der Waals surface area contributed by atoms with Crippen LogP contribution >= 0.6 is 0 Å². The average Bonchev–Trinajstić information content (AvgIpc) is 2.49. The molecule has 0 atom stereocenters. The second kappa shape index (κ2) is 6.93. The van der Waals surface area contributed by atoms with Gasteiger partial charge in [-0.25, -0.2) is 0 Å². The molecule has 3 nitrogen and oxygen atoms in total. The molecule has 0 saturated carbocycles. The normalized spacial score (nSPS) is 10.2. The van der Waals surface area contributed by atoms with E-state index < -0.39 is 0 Å². The third-order valence-electron chi connectivity index (χ3n) is 3.44. The number of ether oxygens (including phenoxy) is 1. The Kier molecular flexibility index (Phi) is 4.99. The third-order valence-corrected chi connectivity index (χ3v) is 3.44. The van der Waals surface area contributed by atoms with Crippen LogP contribution in [0.5, 0.6) is 5.75 Å². The summed E-state index contributed by atoms with van der Waals surface area (Å²) in [4.78, 5) is 12.1. The molecule has 1 amide bonds. The maximum Gasteiger partial charge on any atom is 0.224 e. The second-order valence-corrected chi connectivity index (χ2v) is 5.22. The van der Waals surface area contributed by atoms with Crippen molar-refractivity contribution in [1.29, 1.82) is 0 Å². The van der Waals surface area contributed by atoms with Gasteiger partial charge in [0.05, 0.1) is 7.11 Å². The predicted octanol–water partition coefficient (Wildman–Crippen LogP) is 3.88. The highest BCUT2D eigenvalue weighted by Crippen LogP contribution is 2.17. The van der Waals surface area contributed by atoms with Crippen molar-refractivity contribution in [2.24, 2.45) is 0 Å². The quantitative estimate of drug-likeness (QED) is 0.904. The Morgan fingerprint density at radius 1 is 1.14 bits per heavy atom. The highest BCUT2D eigenvalue weighted by Gasteiger charge is 2.06. The number of carbonyl (C=O) groups excluding carboxylic acids is 1. The SMILES string of the molecule is COc1cccc(CCC(=O)Nc2cc(C)ccc2C)c1. The van der Waals surface area contributed by atoms with Gasteiger partial charge in [0.2, 0.25) is 5.91 Å². The Morgan fingerprint density at radius 3 is 2.71 bits per heavy atom. The lowest BCUT2D eigenvalue weighted by Gasteiger charge is -2.09. The summed E-state index contributed by atoms with van der Waals surface area (Å²) in [5, 5.41) is 2.98. The molecule has 2 aromatic carbocycles. The van der Waals surface area contributed by atoms with Crippen molar-refractivity contribution in [2.75, 3.05) is 12.4 Å². The van der Waals surface area contributed by atoms with Gasteiger partial charge in [-0.2, -0.15) is 0 Å². The Hall–Kier alpha value is -2.29. The van der Waals surface area contributed by atoms with Crippen LogP contribution < -0.4 is 10.1 Å². The number of hydrogen-bond donors (Lipinski definition) is 1. The molecule has 1 N–H and O–H groups in total. The van der Waals surface area contributed by atoms with Crippen molar-refractivity contribution < 1.29 is 9.53 Å². The second-order valence-electron chi connectivity index (χ2n) is 5.22. The zero-order valence-electron chi connectivity index (χ0n) is 12.8. The summed E-state index contributed by atoms with van der Waals surface area (Å²) >= 11 is 0. The van der Waals surface area contributed by atoms with Gasteiger partial charge in [-0.05, 0) is 55.2 Å². The Morgan fingerprint density at radius 2 is 1.95 bits per heavy atom. The minimum absolute atomic E-state index is 0.0338. The van der Waals surface area contributed by atoms with Crippen molar-refractivity contribution in [3.05, 3.63) is 59.2 Å². The number of aryl methyl sites for hydroxylation is 3. The van der Waals surface area contributed by atoms with Gasteiger partial charge in [-0.1, -0.05) is 24.3 Å². The summed E-state index contributed by atoms with van der Waals surface area (Å²) in [6.07, 6.45) is 1.16. The largest absolute Gasteiger partial charge is 0.497 e. The molecule has 0 saturated heterocycles. The molecule has 0 aliphatic heterocycles. The van der Waals surface area contributed by atoms with E-state index in [1.807, 2.05) is 56.3 Å². The fourth-order valence-electron chi connectivity index (χ4n) is 2.17. The van der Waals surface area contributed by atoms with Crippen molar-refractivity contribution >= 4 is 11.6 Å². The molecule has 3 heteroatoms. The lowest BCUT2D eigenvalue weighted by atomic mass is 10.1. The maximum atomic E-state index is 12.1. The summed E-state index contributed by atoms with van der Waals surface area (Å²) in [7, 11) is 1.65. The zero-order valence-corrected chi connectivity index (χ0v) is 12.8. The summed E-state index contributed by atoms with van der Waals surface area (Å²) < 4.78 is 5.19. The molecule has 0 fully saturated rings. The minimum atomic E-state index is 0.0338. The Bertz CT molecular complexity index is 635. The summed E-state index contributed by atoms with van der Waals surface area (Å²) in [6.45, 7) is 4.02. The van der Waals surface area contributed by atoms with Gasteiger partial charge in [-0.3, -0.25) is 4.79 Å². The van der Waals surface area contributed by atoms with Crippen LogP contribution in [-0.2, 0) is 11.2 Å². The molecule has 0 aliphatic rings. The highest BCUT2D eigenvalue weighted by atomic mass is 16.5. The maximum absolute atomic E-state index is 12.1. The average molecular weight is 283 g/mol. The van der Waals surface area contributed by atoms with E-state index in [2.05, 4.69) is 5.32 Å². The van der Waals surface area contributed by atoms with Crippen LogP contribution in [0.2, 0.25) is 0 Å². The molecule has 0 heterocycles. The number of hydrogen-bond acceptors (Lipinski definition) is 2. The first kappa shape index (κ1) is 15.1. The smallest absolute Gasteiger partial charge is 0.224 e. The fraction of sp³-hybridized carbons (Fsp3) is 0.278. The minimum Gasteiger partial charge on any atom is -0.497 e. The van der Waals surface area contributed by atoms with Crippen molar-refractivity contribution in [1.82, 2.24) is 0 Å². The van der Waals surface area contributed by atoms with Crippen LogP contribution in [0.4, 0.5) is 5.69 Å². The molecular weight excluding hydrogens is 262 g/mol. The third kappa shape index (κ3) is 4.35. The molecule has 0 bridgehead atoms. The molecule has 0 radical (unpaired) electrons. The molecule has 110 valence electrons. The monoisotopic (exact) mass is 283 g/mol. The van der Waals surface area contributed by atoms with Crippen LogP contribution in [0.1, 0.15) is 23.1 Å². The number of nitrogens with one attached hydrogen (secondary N) is 1. The van der Waals surface area contributed by atoms with Gasteiger partial charge in [0.1, 0.15) is 5.75 Å². The van der Waals surface area contributed by atoms with Gasteiger partial charge in [0, 0.05) is 12.1 Å². The fourth-order valence-corrected chi connectivity index (χ4v) is 2.17. The van der Waals surface area contributed by atoms with E-state index in [4.69, 9.17) is 4.74 Å². The van der Waals surface area contributed by atoms with Crippen LogP contribution in [0, 0.1) is 13.8 Å². The lowest BCUT2D eigenvalue weighted by Crippen LogP contribution is -2.13. The van der Waals surface area contributed by atoms with E-state index in [9.17, 15) is 4.79 Å². The first-order valence-electron chi connectivity index (χ1n) is 7.08. The van der Waals surface area contributed by atoms with E-state index in [1.165, 1.54) is 0 Å². The number of amides is 1. The number of carbonyl (C=O) groups is 1. The number of rotatable bonds is 5. The van der Waals surface area contributed by atoms with Gasteiger partial charge >= 0.3 is 0 Å². The zero-order chi connectivity index (χ0) is 15.2. The first-order chi connectivity index (χ1) is 10.1. The molecule has 21 heavy (non-hydrogen) atoms. The topological polar surface area (TPSA) is 38.3 Å². The molecule has 0 aromatic heterocycles. The Balaban J connectivity index is 1.94. The van der Waals surface area contributed by atoms with E-state index in [1.54, 1.807) is 7.11 Å². The van der Waals surface area contributed by atoms with Crippen LogP contribution in [-0.4, -0.2) is 13.0 Å². The summed E-state index contributed by atoms with van der Waals surface area (Å²) in [6, 6.07) is 13.9. The van der Waals surface area contributed by atoms with Crippen molar-refractivity contribution in [2.45, 2.75) is 26.7 Å². The first-order valence-corrected chi connectivity index (χ1v) is 7.08. The summed E-state index contributed by atoms with van der Waals surface area (Å²) in [5.41, 5.74) is 4.22. The van der Waals surface area contributed by atoms with E-state index in [-0.39, 0.29) is 5.91 Å². The molecule has 2 aromatic rings. The van der Waals surface area contributed by atoms with E-state index in [0.717, 1.165) is 28.1 Å². The number of anilines is 1. The molecule has 2 rings (SSSR count). The molecule has 0 aliphatic carbocycles. The van der Waals surface area contributed by atoms with Crippen LogP contribution in [0.3, 0.4) is 0 Å². The van der Waals surface area contributed by atoms with Gasteiger partial charge < -0.3 is 10.1 Å². The van der Waals surface area contributed by atoms with Crippen molar-refractivity contribution in [3.63, 3.8) is 0 Å². The van der Waals surface area contributed by atoms with Crippen LogP contribution in [0.15, 0.2) is 42.5 Å². The number of benzene rings is 2. The van der Waals surface area contributed by atoms with Crippen LogP contribution in [0.25, 0.3) is 0 Å². The summed E-state index contributed by atoms with van der Waals surface area (Å²) in [5.74, 6) is 0.856. The standard InChI is InChI=1S/C18H21NO2/c1-13-7-8-14(2)17(11-13)19-18(20)10-9-15-5-4-6-16(12-15)21-3/h4-8,11-12H,9-10H2,1-3H3,(H,19,20).